The molecule has 4 heteroatoms. The van der Waals surface area contributed by atoms with Crippen molar-refractivity contribution in [3.8, 4) is 0 Å². The first-order valence-corrected chi connectivity index (χ1v) is 6.05. The second kappa shape index (κ2) is 4.84. The minimum absolute atomic E-state index is 0.0360. The van der Waals surface area contributed by atoms with Crippen LogP contribution < -0.4 is 5.32 Å². The van der Waals surface area contributed by atoms with Crippen molar-refractivity contribution in [3.05, 3.63) is 29.6 Å². The van der Waals surface area contributed by atoms with E-state index in [0.717, 1.165) is 18.8 Å². The number of nitrogens with zero attached hydrogens (tertiary/aromatic N) is 2. The van der Waals surface area contributed by atoms with Crippen LogP contribution >= 0.6 is 0 Å². The van der Waals surface area contributed by atoms with E-state index >= 15 is 0 Å². The lowest BCUT2D eigenvalue weighted by atomic mass is 10.1. The van der Waals surface area contributed by atoms with Crippen molar-refractivity contribution in [1.82, 2.24) is 15.2 Å². The molecule has 1 aromatic heterocycles. The third-order valence-corrected chi connectivity index (χ3v) is 2.95. The minimum Gasteiger partial charge on any atom is -0.334 e. The zero-order valence-electron chi connectivity index (χ0n) is 10.6. The van der Waals surface area contributed by atoms with Gasteiger partial charge in [-0.2, -0.15) is 0 Å². The van der Waals surface area contributed by atoms with Crippen LogP contribution in [-0.2, 0) is 0 Å². The Bertz CT molecular complexity index is 409. The van der Waals surface area contributed by atoms with Crippen molar-refractivity contribution in [2.75, 3.05) is 13.1 Å². The van der Waals surface area contributed by atoms with Gasteiger partial charge in [0.05, 0.1) is 0 Å². The van der Waals surface area contributed by atoms with Gasteiger partial charge >= 0.3 is 0 Å². The molecule has 0 aliphatic carbocycles. The second-order valence-corrected chi connectivity index (χ2v) is 4.84. The van der Waals surface area contributed by atoms with E-state index in [1.54, 1.807) is 6.07 Å². The third kappa shape index (κ3) is 2.82. The molecular formula is C13H19N3O. The molecule has 1 aliphatic rings. The number of amides is 1. The topological polar surface area (TPSA) is 45.2 Å². The molecular weight excluding hydrogens is 214 g/mol. The van der Waals surface area contributed by atoms with Gasteiger partial charge in [-0.1, -0.05) is 6.07 Å². The van der Waals surface area contributed by atoms with Crippen molar-refractivity contribution in [3.63, 3.8) is 0 Å². The minimum atomic E-state index is 0.0360. The number of pyridine rings is 1. The Labute approximate surface area is 102 Å². The molecule has 17 heavy (non-hydrogen) atoms. The van der Waals surface area contributed by atoms with Gasteiger partial charge < -0.3 is 10.2 Å². The van der Waals surface area contributed by atoms with Crippen molar-refractivity contribution >= 4 is 5.91 Å². The highest BCUT2D eigenvalue weighted by Gasteiger charge is 2.25. The lowest BCUT2D eigenvalue weighted by molar-refractivity contribution is 0.0667. The second-order valence-electron chi connectivity index (χ2n) is 4.84. The van der Waals surface area contributed by atoms with Gasteiger partial charge in [0.25, 0.3) is 5.91 Å². The van der Waals surface area contributed by atoms with Crippen LogP contribution in [0.15, 0.2) is 18.2 Å². The number of nitrogens with one attached hydrogen (secondary N) is 1. The molecule has 1 aromatic rings. The summed E-state index contributed by atoms with van der Waals surface area (Å²) in [5.41, 5.74) is 1.43. The zero-order valence-corrected chi connectivity index (χ0v) is 10.6. The number of hydrogen-bond acceptors (Lipinski definition) is 3. The Kier molecular flexibility index (Phi) is 3.43. The zero-order chi connectivity index (χ0) is 12.4. The first kappa shape index (κ1) is 12.0. The van der Waals surface area contributed by atoms with Crippen LogP contribution in [0.3, 0.4) is 0 Å². The average Bonchev–Trinajstić information content (AvgIpc) is 2.26. The van der Waals surface area contributed by atoms with E-state index in [-0.39, 0.29) is 5.91 Å². The van der Waals surface area contributed by atoms with E-state index in [1.165, 1.54) is 0 Å². The Hall–Kier alpha value is -1.42. The molecule has 2 rings (SSSR count). The summed E-state index contributed by atoms with van der Waals surface area (Å²) in [4.78, 5) is 18.4. The summed E-state index contributed by atoms with van der Waals surface area (Å²) in [5.74, 6) is 0.0360. The van der Waals surface area contributed by atoms with Gasteiger partial charge in [-0.05, 0) is 32.9 Å². The normalized spacial score (nSPS) is 24.8. The summed E-state index contributed by atoms with van der Waals surface area (Å²) in [6, 6.07) is 6.25. The standard InChI is InChI=1S/C13H19N3O/c1-9-5-4-6-12(15-9)13(17)16-7-10(2)14-11(3)8-16/h4-6,10-11,14H,7-8H2,1-3H3/t10-,11-/m0/s1. The number of carbonyl (C=O) groups is 1. The predicted molar refractivity (Wildman–Crippen MR) is 66.9 cm³/mol. The quantitative estimate of drug-likeness (QED) is 0.793. The molecule has 0 aromatic carbocycles. The van der Waals surface area contributed by atoms with Crippen LogP contribution in [-0.4, -0.2) is 41.0 Å². The Morgan fingerprint density at radius 3 is 2.59 bits per heavy atom. The van der Waals surface area contributed by atoms with Gasteiger partial charge in [0.1, 0.15) is 5.69 Å². The molecule has 0 spiro atoms. The highest BCUT2D eigenvalue weighted by Crippen LogP contribution is 2.09. The molecule has 0 unspecified atom stereocenters. The van der Waals surface area contributed by atoms with Crippen molar-refractivity contribution in [2.24, 2.45) is 0 Å². The molecule has 1 N–H and O–H groups in total. The molecule has 1 amide bonds. The molecule has 1 aliphatic heterocycles. The van der Waals surface area contributed by atoms with Crippen molar-refractivity contribution in [2.45, 2.75) is 32.9 Å². The van der Waals surface area contributed by atoms with E-state index in [0.29, 0.717) is 17.8 Å². The van der Waals surface area contributed by atoms with Crippen LogP contribution in [0, 0.1) is 6.92 Å². The summed E-state index contributed by atoms with van der Waals surface area (Å²) in [6.07, 6.45) is 0. The summed E-state index contributed by atoms with van der Waals surface area (Å²) in [7, 11) is 0. The molecule has 4 nitrogen and oxygen atoms in total. The Balaban J connectivity index is 2.14. The first-order chi connectivity index (χ1) is 8.06. The molecule has 0 bridgehead atoms. The number of aryl methyl sites for hydroxylation is 1. The van der Waals surface area contributed by atoms with E-state index in [1.807, 2.05) is 24.0 Å². The van der Waals surface area contributed by atoms with Crippen LogP contribution in [0.4, 0.5) is 0 Å². The van der Waals surface area contributed by atoms with E-state index < -0.39 is 0 Å². The Morgan fingerprint density at radius 1 is 1.35 bits per heavy atom. The fourth-order valence-corrected chi connectivity index (χ4v) is 2.32. The maximum absolute atomic E-state index is 12.3. The van der Waals surface area contributed by atoms with E-state index in [4.69, 9.17) is 0 Å². The van der Waals surface area contributed by atoms with Gasteiger partial charge in [-0.3, -0.25) is 4.79 Å². The van der Waals surface area contributed by atoms with Gasteiger partial charge in [-0.15, -0.1) is 0 Å². The summed E-state index contributed by atoms with van der Waals surface area (Å²) in [5, 5.41) is 3.41. The van der Waals surface area contributed by atoms with Crippen molar-refractivity contribution in [1.29, 1.82) is 0 Å². The van der Waals surface area contributed by atoms with Gasteiger partial charge in [0.2, 0.25) is 0 Å². The monoisotopic (exact) mass is 233 g/mol. The first-order valence-electron chi connectivity index (χ1n) is 6.05. The highest BCUT2D eigenvalue weighted by molar-refractivity contribution is 5.92. The summed E-state index contributed by atoms with van der Waals surface area (Å²) >= 11 is 0. The molecule has 1 saturated heterocycles. The summed E-state index contributed by atoms with van der Waals surface area (Å²) < 4.78 is 0. The van der Waals surface area contributed by atoms with Gasteiger partial charge in [-0.25, -0.2) is 4.98 Å². The maximum atomic E-state index is 12.3. The van der Waals surface area contributed by atoms with Crippen LogP contribution in [0.2, 0.25) is 0 Å². The molecule has 2 atom stereocenters. The molecule has 2 heterocycles. The lowest BCUT2D eigenvalue weighted by Crippen LogP contribution is -2.55. The third-order valence-electron chi connectivity index (χ3n) is 2.95. The fraction of sp³-hybridized carbons (Fsp3) is 0.538. The molecule has 92 valence electrons. The number of piperazine rings is 1. The number of rotatable bonds is 1. The molecule has 0 radical (unpaired) electrons. The molecule has 1 fully saturated rings. The van der Waals surface area contributed by atoms with Crippen LogP contribution in [0.25, 0.3) is 0 Å². The van der Waals surface area contributed by atoms with Crippen LogP contribution in [0.5, 0.6) is 0 Å². The number of aromatic nitrogens is 1. The lowest BCUT2D eigenvalue weighted by Gasteiger charge is -2.36. The van der Waals surface area contributed by atoms with Crippen LogP contribution in [0.1, 0.15) is 30.0 Å². The van der Waals surface area contributed by atoms with Crippen molar-refractivity contribution < 1.29 is 4.79 Å². The van der Waals surface area contributed by atoms with Gasteiger partial charge in [0, 0.05) is 30.9 Å². The van der Waals surface area contributed by atoms with E-state index in [9.17, 15) is 4.79 Å². The molecule has 0 saturated carbocycles. The Morgan fingerprint density at radius 2 is 2.00 bits per heavy atom. The largest absolute Gasteiger partial charge is 0.334 e. The number of carbonyl (C=O) groups excluding carboxylic acids is 1. The highest BCUT2D eigenvalue weighted by atomic mass is 16.2. The smallest absolute Gasteiger partial charge is 0.272 e. The summed E-state index contributed by atoms with van der Waals surface area (Å²) in [6.45, 7) is 7.59. The number of hydrogen-bond donors (Lipinski definition) is 1. The average molecular weight is 233 g/mol. The SMILES string of the molecule is Cc1cccc(C(=O)N2C[C@H](C)N[C@@H](C)C2)n1. The fourth-order valence-electron chi connectivity index (χ4n) is 2.32. The van der Waals surface area contributed by atoms with E-state index in [2.05, 4.69) is 24.1 Å². The van der Waals surface area contributed by atoms with Gasteiger partial charge in [0.15, 0.2) is 0 Å². The predicted octanol–water partition coefficient (Wildman–Crippen LogP) is 1.21. The maximum Gasteiger partial charge on any atom is 0.272 e.